The predicted molar refractivity (Wildman–Crippen MR) is 130 cm³/mol. The Morgan fingerprint density at radius 1 is 1.21 bits per heavy atom. The maximum Gasteiger partial charge on any atom is 0.263 e. The van der Waals surface area contributed by atoms with Crippen LogP contribution in [0.25, 0.3) is 11.0 Å². The van der Waals surface area contributed by atoms with Gasteiger partial charge < -0.3 is 24.7 Å². The number of aromatic nitrogens is 1. The Balaban J connectivity index is 1.27. The van der Waals surface area contributed by atoms with Gasteiger partial charge in [0.15, 0.2) is 5.13 Å². The van der Waals surface area contributed by atoms with Gasteiger partial charge in [0.25, 0.3) is 5.91 Å². The highest BCUT2D eigenvalue weighted by molar-refractivity contribution is 7.17. The van der Waals surface area contributed by atoms with Crippen LogP contribution in [-0.4, -0.2) is 29.6 Å². The monoisotopic (exact) mass is 460 g/mol. The van der Waals surface area contributed by atoms with Gasteiger partial charge in [0.2, 0.25) is 0 Å². The largest absolute Gasteiger partial charge is 0.490 e. The van der Waals surface area contributed by atoms with E-state index in [-0.39, 0.29) is 11.4 Å². The molecule has 4 heterocycles. The van der Waals surface area contributed by atoms with E-state index in [0.717, 1.165) is 51.1 Å². The lowest BCUT2D eigenvalue weighted by molar-refractivity contribution is 0.0901. The molecule has 0 saturated heterocycles. The van der Waals surface area contributed by atoms with E-state index < -0.39 is 0 Å². The molecule has 33 heavy (non-hydrogen) atoms. The van der Waals surface area contributed by atoms with Crippen molar-refractivity contribution in [3.05, 3.63) is 64.9 Å². The number of amides is 1. The fourth-order valence-electron chi connectivity index (χ4n) is 4.42. The summed E-state index contributed by atoms with van der Waals surface area (Å²) in [6.45, 7) is 5.88. The van der Waals surface area contributed by atoms with Gasteiger partial charge in [0.1, 0.15) is 28.6 Å². The van der Waals surface area contributed by atoms with Crippen LogP contribution < -0.4 is 20.3 Å². The van der Waals surface area contributed by atoms with Crippen LogP contribution in [-0.2, 0) is 13.0 Å². The lowest BCUT2D eigenvalue weighted by Gasteiger charge is -2.30. The quantitative estimate of drug-likeness (QED) is 0.441. The Morgan fingerprint density at radius 2 is 2.09 bits per heavy atom. The predicted octanol–water partition coefficient (Wildman–Crippen LogP) is 5.10. The summed E-state index contributed by atoms with van der Waals surface area (Å²) in [6, 6.07) is 16.1. The molecule has 0 bridgehead atoms. The van der Waals surface area contributed by atoms with E-state index in [1.54, 1.807) is 0 Å². The summed E-state index contributed by atoms with van der Waals surface area (Å²) in [5.74, 6) is 1.65. The third-order valence-corrected chi connectivity index (χ3v) is 7.07. The summed E-state index contributed by atoms with van der Waals surface area (Å²) in [5, 5.41) is 8.44. The molecule has 1 amide bonds. The van der Waals surface area contributed by atoms with Crippen LogP contribution in [0.5, 0.6) is 5.75 Å². The van der Waals surface area contributed by atoms with Crippen molar-refractivity contribution in [1.82, 2.24) is 10.3 Å². The molecule has 4 aromatic rings. The van der Waals surface area contributed by atoms with Crippen LogP contribution >= 0.6 is 11.3 Å². The molecule has 2 aromatic carbocycles. The molecule has 0 radical (unpaired) electrons. The zero-order valence-electron chi connectivity index (χ0n) is 18.5. The van der Waals surface area contributed by atoms with Gasteiger partial charge in [-0.25, -0.2) is 4.98 Å². The van der Waals surface area contributed by atoms with Crippen molar-refractivity contribution in [2.24, 2.45) is 0 Å². The number of furan rings is 1. The van der Waals surface area contributed by atoms with Crippen LogP contribution in [0.3, 0.4) is 0 Å². The Kier molecular flexibility index (Phi) is 4.58. The van der Waals surface area contributed by atoms with Crippen molar-refractivity contribution in [3.63, 3.8) is 0 Å². The molecule has 8 heteroatoms. The lowest BCUT2D eigenvalue weighted by Crippen LogP contribution is -2.48. The van der Waals surface area contributed by atoms with E-state index in [2.05, 4.69) is 27.7 Å². The topological polar surface area (TPSA) is 79.6 Å². The van der Waals surface area contributed by atoms with E-state index in [1.807, 2.05) is 50.2 Å². The number of nitrogens with one attached hydrogen (secondary N) is 2. The zero-order chi connectivity index (χ0) is 22.6. The molecule has 168 valence electrons. The minimum absolute atomic E-state index is 0.0419. The highest BCUT2D eigenvalue weighted by Crippen LogP contribution is 2.41. The molecule has 2 aromatic heterocycles. The average molecular weight is 461 g/mol. The van der Waals surface area contributed by atoms with Crippen molar-refractivity contribution >= 4 is 44.7 Å². The molecule has 0 fully saturated rings. The number of benzene rings is 2. The highest BCUT2D eigenvalue weighted by atomic mass is 32.1. The van der Waals surface area contributed by atoms with Crippen molar-refractivity contribution in [1.29, 1.82) is 0 Å². The van der Waals surface area contributed by atoms with E-state index in [4.69, 9.17) is 14.1 Å². The number of carbonyl (C=O) groups excluding carboxylic acids is 1. The molecular formula is C25H24N4O3S. The van der Waals surface area contributed by atoms with Gasteiger partial charge in [0, 0.05) is 23.0 Å². The number of hydrogen-bond donors (Lipinski definition) is 2. The molecule has 0 aliphatic carbocycles. The smallest absolute Gasteiger partial charge is 0.263 e. The van der Waals surface area contributed by atoms with Crippen LogP contribution in [0.2, 0.25) is 0 Å². The van der Waals surface area contributed by atoms with Gasteiger partial charge in [-0.1, -0.05) is 29.5 Å². The molecule has 7 nitrogen and oxygen atoms in total. The first-order valence-corrected chi connectivity index (χ1v) is 11.8. The second-order valence-electron chi connectivity index (χ2n) is 9.07. The number of rotatable bonds is 4. The van der Waals surface area contributed by atoms with Gasteiger partial charge in [-0.3, -0.25) is 4.79 Å². The summed E-state index contributed by atoms with van der Waals surface area (Å²) >= 11 is 1.44. The first kappa shape index (κ1) is 20.1. The minimum Gasteiger partial charge on any atom is -0.490 e. The normalized spacial score (nSPS) is 16.7. The zero-order valence-corrected chi connectivity index (χ0v) is 19.3. The van der Waals surface area contributed by atoms with Gasteiger partial charge in [-0.15, -0.1) is 0 Å². The van der Waals surface area contributed by atoms with Crippen LogP contribution in [0.4, 0.5) is 16.5 Å². The Bertz CT molecular complexity index is 1340. The lowest BCUT2D eigenvalue weighted by atomic mass is 9.94. The number of nitrogens with zero attached hydrogens (tertiary/aromatic N) is 2. The molecule has 2 aliphatic rings. The van der Waals surface area contributed by atoms with E-state index in [0.29, 0.717) is 24.6 Å². The molecule has 0 atom stereocenters. The number of carbonyl (C=O) groups is 1. The maximum absolute atomic E-state index is 12.6. The second-order valence-corrected chi connectivity index (χ2v) is 10.1. The number of hydrogen-bond acceptors (Lipinski definition) is 7. The van der Waals surface area contributed by atoms with Gasteiger partial charge in [-0.2, -0.15) is 0 Å². The molecular weight excluding hydrogens is 436 g/mol. The number of thiazole rings is 1. The molecule has 0 spiro atoms. The Morgan fingerprint density at radius 3 is 2.97 bits per heavy atom. The minimum atomic E-state index is -0.286. The standard InChI is InChI=1S/C25H24N4O3S/c1-25(2)13-18-22(23(30)28-25)33-24(27-18)29-9-10-31-21-8-7-16(12-19(21)29)26-14-17-11-15-5-3-4-6-20(15)32-17/h3-8,11-12,26H,9-10,13-14H2,1-2H3,(H,28,30). The summed E-state index contributed by atoms with van der Waals surface area (Å²) in [5.41, 5.74) is 3.38. The number of ether oxygens (including phenoxy) is 1. The Hall–Kier alpha value is -3.52. The summed E-state index contributed by atoms with van der Waals surface area (Å²) < 4.78 is 11.8. The molecule has 0 unspecified atom stereocenters. The first-order chi connectivity index (χ1) is 15.9. The molecule has 2 aliphatic heterocycles. The summed E-state index contributed by atoms with van der Waals surface area (Å²) in [7, 11) is 0. The van der Waals surface area contributed by atoms with Gasteiger partial charge in [-0.05, 0) is 44.2 Å². The second kappa shape index (κ2) is 7.52. The van der Waals surface area contributed by atoms with Crippen LogP contribution in [0.15, 0.2) is 52.9 Å². The van der Waals surface area contributed by atoms with Gasteiger partial charge >= 0.3 is 0 Å². The molecule has 6 rings (SSSR count). The molecule has 0 saturated carbocycles. The van der Waals surface area contributed by atoms with Crippen molar-refractivity contribution < 1.29 is 13.9 Å². The maximum atomic E-state index is 12.6. The highest BCUT2D eigenvalue weighted by Gasteiger charge is 2.34. The fraction of sp³-hybridized carbons (Fsp3) is 0.280. The fourth-order valence-corrected chi connectivity index (χ4v) is 5.44. The van der Waals surface area contributed by atoms with E-state index in [1.165, 1.54) is 11.3 Å². The number of fused-ring (bicyclic) bond motifs is 3. The first-order valence-electron chi connectivity index (χ1n) is 11.0. The number of anilines is 3. The SMILES string of the molecule is CC1(C)Cc2nc(N3CCOc4ccc(NCc5cc6ccccc6o5)cc43)sc2C(=O)N1. The van der Waals surface area contributed by atoms with E-state index >= 15 is 0 Å². The average Bonchev–Trinajstić information content (AvgIpc) is 3.40. The van der Waals surface area contributed by atoms with Crippen LogP contribution in [0.1, 0.15) is 35.0 Å². The van der Waals surface area contributed by atoms with Crippen molar-refractivity contribution in [2.45, 2.75) is 32.4 Å². The van der Waals surface area contributed by atoms with Crippen molar-refractivity contribution in [3.8, 4) is 5.75 Å². The summed E-state index contributed by atoms with van der Waals surface area (Å²) in [6.07, 6.45) is 0.723. The molecule has 2 N–H and O–H groups in total. The van der Waals surface area contributed by atoms with Gasteiger partial charge in [0.05, 0.1) is 24.5 Å². The van der Waals surface area contributed by atoms with Crippen LogP contribution in [0, 0.1) is 0 Å². The third-order valence-electron chi connectivity index (χ3n) is 5.95. The summed E-state index contributed by atoms with van der Waals surface area (Å²) in [4.78, 5) is 20.3. The third kappa shape index (κ3) is 3.70. The number of para-hydroxylation sites is 1. The Labute approximate surface area is 195 Å². The van der Waals surface area contributed by atoms with E-state index in [9.17, 15) is 4.79 Å². The van der Waals surface area contributed by atoms with Crippen molar-refractivity contribution in [2.75, 3.05) is 23.4 Å².